The smallest absolute Gasteiger partial charge is 0.259 e. The zero-order valence-electron chi connectivity index (χ0n) is 19.1. The molecule has 2 amide bonds. The van der Waals surface area contributed by atoms with E-state index >= 15 is 0 Å². The predicted octanol–water partition coefficient (Wildman–Crippen LogP) is 5.53. The Bertz CT molecular complexity index is 943. The van der Waals surface area contributed by atoms with Gasteiger partial charge in [-0.25, -0.2) is 5.43 Å². The SMILES string of the molecule is C/C(=N/NC(=O)C1CCC(C(C)(C)C)CC1)c1ccc(NC(=O)c2ccoc2C)cc1. The molecule has 0 aliphatic heterocycles. The Morgan fingerprint density at radius 3 is 2.23 bits per heavy atom. The van der Waals surface area contributed by atoms with Crippen molar-refractivity contribution >= 4 is 23.2 Å². The van der Waals surface area contributed by atoms with Crippen LogP contribution >= 0.6 is 0 Å². The molecule has 1 aliphatic rings. The van der Waals surface area contributed by atoms with Crippen LogP contribution in [0.4, 0.5) is 5.69 Å². The zero-order chi connectivity index (χ0) is 22.6. The highest BCUT2D eigenvalue weighted by Crippen LogP contribution is 2.39. The second kappa shape index (κ2) is 9.50. The first-order valence-electron chi connectivity index (χ1n) is 10.9. The van der Waals surface area contributed by atoms with Crippen molar-refractivity contribution in [2.24, 2.45) is 22.4 Å². The Balaban J connectivity index is 1.53. The number of carbonyl (C=O) groups is 2. The van der Waals surface area contributed by atoms with Crippen LogP contribution in [0.1, 0.15) is 75.1 Å². The van der Waals surface area contributed by atoms with Gasteiger partial charge in [-0.3, -0.25) is 9.59 Å². The summed E-state index contributed by atoms with van der Waals surface area (Å²) in [6, 6.07) is 9.03. The van der Waals surface area contributed by atoms with Gasteiger partial charge >= 0.3 is 0 Å². The minimum absolute atomic E-state index is 0.00562. The highest BCUT2D eigenvalue weighted by Gasteiger charge is 2.32. The number of rotatable bonds is 5. The molecule has 0 unspecified atom stereocenters. The predicted molar refractivity (Wildman–Crippen MR) is 123 cm³/mol. The highest BCUT2D eigenvalue weighted by molar-refractivity contribution is 6.05. The third kappa shape index (κ3) is 5.84. The number of hydrogen-bond donors (Lipinski definition) is 2. The third-order valence-corrected chi connectivity index (χ3v) is 6.32. The monoisotopic (exact) mass is 423 g/mol. The minimum Gasteiger partial charge on any atom is -0.469 e. The molecule has 1 heterocycles. The number of anilines is 1. The van der Waals surface area contributed by atoms with E-state index in [1.807, 2.05) is 31.2 Å². The number of amides is 2. The fraction of sp³-hybridized carbons (Fsp3) is 0.480. The van der Waals surface area contributed by atoms with Crippen LogP contribution in [0.5, 0.6) is 0 Å². The summed E-state index contributed by atoms with van der Waals surface area (Å²) >= 11 is 0. The fourth-order valence-corrected chi connectivity index (χ4v) is 4.13. The summed E-state index contributed by atoms with van der Waals surface area (Å²) in [5, 5.41) is 7.15. The Kier molecular flexibility index (Phi) is 6.98. The summed E-state index contributed by atoms with van der Waals surface area (Å²) in [6.45, 7) is 10.4. The second-order valence-corrected chi connectivity index (χ2v) is 9.51. The molecule has 1 aromatic carbocycles. The molecule has 2 aromatic rings. The van der Waals surface area contributed by atoms with E-state index in [0.29, 0.717) is 28.3 Å². The molecule has 6 nitrogen and oxygen atoms in total. The molecule has 1 aliphatic carbocycles. The number of furan rings is 1. The summed E-state index contributed by atoms with van der Waals surface area (Å²) in [7, 11) is 0. The van der Waals surface area contributed by atoms with Crippen molar-refractivity contribution in [1.29, 1.82) is 0 Å². The van der Waals surface area contributed by atoms with Crippen LogP contribution in [0.2, 0.25) is 0 Å². The summed E-state index contributed by atoms with van der Waals surface area (Å²) in [5.74, 6) is 1.10. The molecule has 0 saturated heterocycles. The number of benzene rings is 1. The van der Waals surface area contributed by atoms with E-state index in [0.717, 1.165) is 37.0 Å². The molecule has 31 heavy (non-hydrogen) atoms. The molecule has 1 fully saturated rings. The van der Waals surface area contributed by atoms with Gasteiger partial charge in [0, 0.05) is 11.6 Å². The topological polar surface area (TPSA) is 83.7 Å². The molecule has 0 radical (unpaired) electrons. The summed E-state index contributed by atoms with van der Waals surface area (Å²) in [6.07, 6.45) is 5.53. The van der Waals surface area contributed by atoms with Gasteiger partial charge in [-0.05, 0) is 74.6 Å². The average molecular weight is 424 g/mol. The van der Waals surface area contributed by atoms with Gasteiger partial charge in [0.1, 0.15) is 5.76 Å². The lowest BCUT2D eigenvalue weighted by molar-refractivity contribution is -0.126. The molecule has 3 rings (SSSR count). The Hall–Kier alpha value is -2.89. The van der Waals surface area contributed by atoms with E-state index in [1.54, 1.807) is 13.0 Å². The van der Waals surface area contributed by atoms with Gasteiger partial charge < -0.3 is 9.73 Å². The largest absolute Gasteiger partial charge is 0.469 e. The maximum Gasteiger partial charge on any atom is 0.259 e. The van der Waals surface area contributed by atoms with E-state index in [2.05, 4.69) is 36.6 Å². The summed E-state index contributed by atoms with van der Waals surface area (Å²) < 4.78 is 5.17. The number of carbonyl (C=O) groups excluding carboxylic acids is 2. The van der Waals surface area contributed by atoms with Crippen molar-refractivity contribution < 1.29 is 14.0 Å². The van der Waals surface area contributed by atoms with Crippen LogP contribution in [-0.4, -0.2) is 17.5 Å². The second-order valence-electron chi connectivity index (χ2n) is 9.51. The van der Waals surface area contributed by atoms with Crippen molar-refractivity contribution in [3.8, 4) is 0 Å². The van der Waals surface area contributed by atoms with Crippen LogP contribution in [0.25, 0.3) is 0 Å². The number of nitrogens with zero attached hydrogens (tertiary/aromatic N) is 1. The van der Waals surface area contributed by atoms with Crippen molar-refractivity contribution in [1.82, 2.24) is 5.43 Å². The zero-order valence-corrected chi connectivity index (χ0v) is 19.1. The molecular formula is C25H33N3O3. The maximum atomic E-state index is 12.5. The molecule has 2 N–H and O–H groups in total. The van der Waals surface area contributed by atoms with Crippen molar-refractivity contribution in [2.45, 2.75) is 60.3 Å². The van der Waals surface area contributed by atoms with E-state index in [4.69, 9.17) is 4.42 Å². The molecule has 166 valence electrons. The van der Waals surface area contributed by atoms with Gasteiger partial charge in [0.25, 0.3) is 5.91 Å². The van der Waals surface area contributed by atoms with Crippen molar-refractivity contribution in [3.63, 3.8) is 0 Å². The molecule has 1 saturated carbocycles. The quantitative estimate of drug-likeness (QED) is 0.490. The Labute approximate surface area is 184 Å². The lowest BCUT2D eigenvalue weighted by atomic mass is 9.70. The van der Waals surface area contributed by atoms with Gasteiger partial charge in [0.15, 0.2) is 0 Å². The normalized spacial score (nSPS) is 19.7. The average Bonchev–Trinajstić information content (AvgIpc) is 3.18. The number of nitrogens with one attached hydrogen (secondary N) is 2. The van der Waals surface area contributed by atoms with E-state index < -0.39 is 0 Å². The van der Waals surface area contributed by atoms with Gasteiger partial charge in [0.05, 0.1) is 17.5 Å². The van der Waals surface area contributed by atoms with Crippen molar-refractivity contribution in [3.05, 3.63) is 53.5 Å². The van der Waals surface area contributed by atoms with E-state index in [1.165, 1.54) is 6.26 Å². The molecule has 0 bridgehead atoms. The molecule has 1 aromatic heterocycles. The molecular weight excluding hydrogens is 390 g/mol. The summed E-state index contributed by atoms with van der Waals surface area (Å²) in [5.41, 5.74) is 5.85. The number of hydrogen-bond acceptors (Lipinski definition) is 4. The fourth-order valence-electron chi connectivity index (χ4n) is 4.13. The minimum atomic E-state index is -0.210. The van der Waals surface area contributed by atoms with Crippen LogP contribution < -0.4 is 10.7 Å². The van der Waals surface area contributed by atoms with E-state index in [-0.39, 0.29) is 17.7 Å². The molecule has 0 spiro atoms. The van der Waals surface area contributed by atoms with Gasteiger partial charge in [0.2, 0.25) is 5.91 Å². The summed E-state index contributed by atoms with van der Waals surface area (Å²) in [4.78, 5) is 24.8. The first-order valence-corrected chi connectivity index (χ1v) is 10.9. The van der Waals surface area contributed by atoms with Crippen LogP contribution in [0.3, 0.4) is 0 Å². The van der Waals surface area contributed by atoms with Crippen LogP contribution in [0, 0.1) is 24.2 Å². The number of aryl methyl sites for hydroxylation is 1. The lowest BCUT2D eigenvalue weighted by Crippen LogP contribution is -2.33. The first-order chi connectivity index (χ1) is 14.6. The Morgan fingerprint density at radius 1 is 1.03 bits per heavy atom. The van der Waals surface area contributed by atoms with Gasteiger partial charge in [-0.2, -0.15) is 5.10 Å². The standard InChI is InChI=1S/C25H33N3O3/c1-16(27-28-23(29)19-6-10-20(11-7-19)25(3,4)5)18-8-12-21(13-9-18)26-24(30)22-14-15-31-17(22)2/h8-9,12-15,19-20H,6-7,10-11H2,1-5H3,(H,26,30)(H,28,29)/b27-16-. The van der Waals surface area contributed by atoms with E-state index in [9.17, 15) is 9.59 Å². The third-order valence-electron chi connectivity index (χ3n) is 6.32. The first kappa shape index (κ1) is 22.8. The Morgan fingerprint density at radius 2 is 1.68 bits per heavy atom. The number of hydrazone groups is 1. The molecule has 0 atom stereocenters. The van der Waals surface area contributed by atoms with Crippen molar-refractivity contribution in [2.75, 3.05) is 5.32 Å². The van der Waals surface area contributed by atoms with Gasteiger partial charge in [-0.1, -0.05) is 32.9 Å². The van der Waals surface area contributed by atoms with Crippen LogP contribution in [-0.2, 0) is 4.79 Å². The highest BCUT2D eigenvalue weighted by atomic mass is 16.3. The van der Waals surface area contributed by atoms with Crippen LogP contribution in [0.15, 0.2) is 46.1 Å². The van der Waals surface area contributed by atoms with Gasteiger partial charge in [-0.15, -0.1) is 0 Å². The lowest BCUT2D eigenvalue weighted by Gasteiger charge is -2.36. The maximum absolute atomic E-state index is 12.5. The molecule has 6 heteroatoms.